The number of methoxy groups -OCH3 is 2. The van der Waals surface area contributed by atoms with Crippen molar-refractivity contribution in [3.63, 3.8) is 0 Å². The second kappa shape index (κ2) is 8.89. The molecule has 5 aliphatic heterocycles. The number of carbonyl (C=O) groups is 2. The molecule has 7 fully saturated rings. The molecule has 8 aliphatic rings. The van der Waals surface area contributed by atoms with Crippen LogP contribution in [0.25, 0.3) is 0 Å². The van der Waals surface area contributed by atoms with Gasteiger partial charge in [0.1, 0.15) is 17.3 Å². The van der Waals surface area contributed by atoms with Gasteiger partial charge in [0, 0.05) is 46.7 Å². The Bertz CT molecular complexity index is 1410. The first-order valence-corrected chi connectivity index (χ1v) is 16.0. The van der Waals surface area contributed by atoms with Crippen molar-refractivity contribution in [1.29, 1.82) is 0 Å². The molecule has 1 spiro atoms. The lowest BCUT2D eigenvalue weighted by Gasteiger charge is -2.64. The van der Waals surface area contributed by atoms with Crippen LogP contribution in [0.3, 0.4) is 0 Å². The van der Waals surface area contributed by atoms with Crippen molar-refractivity contribution < 1.29 is 57.7 Å². The molecule has 0 aromatic heterocycles. The molecule has 0 aromatic rings. The van der Waals surface area contributed by atoms with Gasteiger partial charge in [0.25, 0.3) is 5.79 Å². The van der Waals surface area contributed by atoms with Crippen LogP contribution in [0.5, 0.6) is 0 Å². The van der Waals surface area contributed by atoms with Crippen molar-refractivity contribution in [3.8, 4) is 0 Å². The zero-order valence-corrected chi connectivity index (χ0v) is 26.9. The van der Waals surface area contributed by atoms with Crippen LogP contribution in [-0.4, -0.2) is 103 Å². The summed E-state index contributed by atoms with van der Waals surface area (Å²) in [5, 5.41) is 25.3. The van der Waals surface area contributed by atoms with Gasteiger partial charge in [0.05, 0.1) is 44.9 Å². The minimum atomic E-state index is -1.88. The van der Waals surface area contributed by atoms with E-state index in [-0.39, 0.29) is 25.1 Å². The molecule has 0 radical (unpaired) electrons. The zero-order valence-electron chi connectivity index (χ0n) is 26.9. The number of rotatable bonds is 4. The summed E-state index contributed by atoms with van der Waals surface area (Å²) in [6.07, 6.45) is 2.45. The third kappa shape index (κ3) is 2.98. The van der Waals surface area contributed by atoms with Crippen molar-refractivity contribution in [2.75, 3.05) is 27.4 Å². The minimum Gasteiger partial charge on any atom is -0.469 e. The topological polar surface area (TPSA) is 148 Å². The van der Waals surface area contributed by atoms with E-state index in [4.69, 9.17) is 37.9 Å². The molecule has 0 aromatic carbocycles. The van der Waals surface area contributed by atoms with E-state index >= 15 is 0 Å². The number of esters is 2. The lowest BCUT2D eigenvalue weighted by atomic mass is 9.38. The van der Waals surface area contributed by atoms with Gasteiger partial charge in [0.2, 0.25) is 6.29 Å². The number of carbonyl (C=O) groups excluding carboxylic acids is 2. The molecule has 1 unspecified atom stereocenters. The van der Waals surface area contributed by atoms with Gasteiger partial charge in [-0.05, 0) is 46.1 Å². The van der Waals surface area contributed by atoms with E-state index in [1.54, 1.807) is 26.0 Å². The van der Waals surface area contributed by atoms with Crippen LogP contribution >= 0.6 is 0 Å². The third-order valence-corrected chi connectivity index (χ3v) is 13.9. The van der Waals surface area contributed by atoms with E-state index in [0.717, 1.165) is 0 Å². The molecule has 2 N–H and O–H groups in total. The average Bonchev–Trinajstić information content (AvgIpc) is 3.77. The predicted molar refractivity (Wildman–Crippen MR) is 152 cm³/mol. The van der Waals surface area contributed by atoms with E-state index in [0.29, 0.717) is 24.8 Å². The monoisotopic (exact) mass is 632 g/mol. The van der Waals surface area contributed by atoms with E-state index < -0.39 is 87.3 Å². The highest BCUT2D eigenvalue weighted by atomic mass is 16.7. The average molecular weight is 633 g/mol. The number of allylic oxidation sites excluding steroid dienone is 1. The van der Waals surface area contributed by atoms with Gasteiger partial charge < -0.3 is 48.1 Å². The number of hydrogen-bond acceptors (Lipinski definition) is 12. The Morgan fingerprint density at radius 2 is 1.87 bits per heavy atom. The van der Waals surface area contributed by atoms with Gasteiger partial charge in [-0.3, -0.25) is 0 Å². The quantitative estimate of drug-likeness (QED) is 0.344. The standard InChI is InChI=1S/C33H44O12/c1-8-16(2)23(34)43-18-9-10-30-15-42-32(39-7,25(35)38-6)24(30)28(4)22(20-21(30)27(18,3)14-41-20)45-29(5)17-13-19(33(28,29)37)44-26-31(17,36)11-12-40-26/h8,11-12,17-22,24,26,36-37H,9-10,13-15H2,1-7H3/b16-8+/t17-,18-,19+,20-,21+,22-,24?,26+,27-,28-,29-,30-,31+,32+,33+/m1/s1. The molecule has 248 valence electrons. The van der Waals surface area contributed by atoms with Gasteiger partial charge in [-0.1, -0.05) is 19.9 Å². The van der Waals surface area contributed by atoms with Crippen molar-refractivity contribution in [1.82, 2.24) is 0 Å². The Hall–Kier alpha value is -2.06. The molecule has 5 heterocycles. The van der Waals surface area contributed by atoms with Crippen molar-refractivity contribution in [3.05, 3.63) is 24.0 Å². The van der Waals surface area contributed by atoms with Crippen LogP contribution in [-0.2, 0) is 47.5 Å². The SMILES string of the molecule is C/C=C(\C)C(=O)O[C@@H]1CC[C@]23CO[C@](OC)(C(=O)OC)C2[C@@]2(C)[C@H](O[C@]4(C)[C@H]5C[C@H](O[C@@H]6OC=C[C@@]65O)[C@]24O)[C@@H]2OC[C@@]1(C)[C@H]23. The van der Waals surface area contributed by atoms with Gasteiger partial charge in [0.15, 0.2) is 5.60 Å². The summed E-state index contributed by atoms with van der Waals surface area (Å²) >= 11 is 0. The van der Waals surface area contributed by atoms with Gasteiger partial charge in [-0.2, -0.15) is 0 Å². The zero-order chi connectivity index (χ0) is 32.2. The first-order chi connectivity index (χ1) is 21.2. The Balaban J connectivity index is 1.33. The fourth-order valence-corrected chi connectivity index (χ4v) is 12.0. The molecule has 4 saturated heterocycles. The summed E-state index contributed by atoms with van der Waals surface area (Å²) < 4.78 is 50.1. The van der Waals surface area contributed by atoms with Crippen LogP contribution < -0.4 is 0 Å². The van der Waals surface area contributed by atoms with E-state index in [2.05, 4.69) is 6.92 Å². The molecule has 3 aliphatic carbocycles. The van der Waals surface area contributed by atoms with Crippen LogP contribution in [0.1, 0.15) is 53.9 Å². The lowest BCUT2D eigenvalue weighted by molar-refractivity contribution is -0.309. The van der Waals surface area contributed by atoms with Gasteiger partial charge in [-0.25, -0.2) is 9.59 Å². The summed E-state index contributed by atoms with van der Waals surface area (Å²) in [7, 11) is 2.72. The molecule has 12 nitrogen and oxygen atoms in total. The van der Waals surface area contributed by atoms with Crippen molar-refractivity contribution in [2.24, 2.45) is 34.0 Å². The molecular formula is C33H44O12. The molecule has 8 rings (SSSR count). The minimum absolute atomic E-state index is 0.137. The maximum atomic E-state index is 13.9. The molecule has 2 bridgehead atoms. The molecule has 45 heavy (non-hydrogen) atoms. The second-order valence-corrected chi connectivity index (χ2v) is 15.2. The molecule has 15 atom stereocenters. The normalized spacial score (nSPS) is 58.2. The van der Waals surface area contributed by atoms with E-state index in [9.17, 15) is 19.8 Å². The molecular weight excluding hydrogens is 588 g/mol. The first kappa shape index (κ1) is 30.3. The van der Waals surface area contributed by atoms with E-state index in [1.165, 1.54) is 20.5 Å². The van der Waals surface area contributed by atoms with E-state index in [1.807, 2.05) is 13.8 Å². The molecule has 3 saturated carbocycles. The Morgan fingerprint density at radius 1 is 1.11 bits per heavy atom. The first-order valence-electron chi connectivity index (χ1n) is 16.0. The van der Waals surface area contributed by atoms with Crippen molar-refractivity contribution in [2.45, 2.75) is 107 Å². The summed E-state index contributed by atoms with van der Waals surface area (Å²) in [6.45, 7) is 9.77. The highest BCUT2D eigenvalue weighted by molar-refractivity contribution is 5.87. The predicted octanol–water partition coefficient (Wildman–Crippen LogP) is 1.76. The maximum absolute atomic E-state index is 13.9. The third-order valence-electron chi connectivity index (χ3n) is 13.9. The van der Waals surface area contributed by atoms with Crippen LogP contribution in [0, 0.1) is 34.0 Å². The highest BCUT2D eigenvalue weighted by Crippen LogP contribution is 2.80. The van der Waals surface area contributed by atoms with Crippen molar-refractivity contribution >= 4 is 11.9 Å². The van der Waals surface area contributed by atoms with Crippen LogP contribution in [0.4, 0.5) is 0 Å². The largest absolute Gasteiger partial charge is 0.469 e. The summed E-state index contributed by atoms with van der Waals surface area (Å²) in [5.41, 5.74) is -6.81. The lowest BCUT2D eigenvalue weighted by Crippen LogP contribution is -2.76. The Morgan fingerprint density at radius 3 is 2.56 bits per heavy atom. The Labute approximate surface area is 262 Å². The number of fused-ring (bicyclic) bond motifs is 11. The maximum Gasteiger partial charge on any atom is 0.366 e. The summed E-state index contributed by atoms with van der Waals surface area (Å²) in [5.74, 6) is -4.66. The summed E-state index contributed by atoms with van der Waals surface area (Å²) in [6, 6.07) is 0. The fourth-order valence-electron chi connectivity index (χ4n) is 12.0. The second-order valence-electron chi connectivity index (χ2n) is 15.2. The summed E-state index contributed by atoms with van der Waals surface area (Å²) in [4.78, 5) is 27.0. The smallest absolute Gasteiger partial charge is 0.366 e. The van der Waals surface area contributed by atoms with Gasteiger partial charge >= 0.3 is 11.9 Å². The fraction of sp³-hybridized carbons (Fsp3) is 0.818. The molecule has 12 heteroatoms. The molecule has 0 amide bonds. The van der Waals surface area contributed by atoms with Crippen LogP contribution in [0.15, 0.2) is 24.0 Å². The number of ether oxygens (including phenoxy) is 8. The highest BCUT2D eigenvalue weighted by Gasteiger charge is 2.92. The number of hydrogen-bond donors (Lipinski definition) is 2. The van der Waals surface area contributed by atoms with Crippen LogP contribution in [0.2, 0.25) is 0 Å². The Kier molecular flexibility index (Phi) is 5.98. The number of aliphatic hydroxyl groups is 2. The van der Waals surface area contributed by atoms with Gasteiger partial charge in [-0.15, -0.1) is 0 Å².